The van der Waals surface area contributed by atoms with Crippen molar-refractivity contribution in [2.24, 2.45) is 5.73 Å². The Balaban J connectivity index is 2.86. The van der Waals surface area contributed by atoms with E-state index in [0.29, 0.717) is 0 Å². The molecule has 0 aliphatic heterocycles. The van der Waals surface area contributed by atoms with Crippen molar-refractivity contribution < 1.29 is 0 Å². The van der Waals surface area contributed by atoms with Crippen LogP contribution in [0.25, 0.3) is 0 Å². The van der Waals surface area contributed by atoms with E-state index < -0.39 is 0 Å². The molecule has 0 aromatic carbocycles. The second-order valence-corrected chi connectivity index (χ2v) is 2.62. The van der Waals surface area contributed by atoms with Crippen LogP contribution in [-0.2, 0) is 0 Å². The van der Waals surface area contributed by atoms with Gasteiger partial charge in [0.15, 0.2) is 5.11 Å². The first-order valence-electron chi connectivity index (χ1n) is 3.17. The lowest BCUT2D eigenvalue weighted by molar-refractivity contribution is 1.27. The third kappa shape index (κ3) is 2.16. The minimum absolute atomic E-state index is 0.277. The standard InChI is InChI=1S/C7H9N3S/c1-5-4-9-3-2-6(5)10-7(8)11/h2-4H,1H3,(H3,8,9,10,11). The van der Waals surface area contributed by atoms with Crippen molar-refractivity contribution in [3.8, 4) is 0 Å². The van der Waals surface area contributed by atoms with Gasteiger partial charge < -0.3 is 11.1 Å². The second kappa shape index (κ2) is 3.30. The number of hydrogen-bond donors (Lipinski definition) is 2. The number of aromatic nitrogens is 1. The molecule has 0 bridgehead atoms. The van der Waals surface area contributed by atoms with Crippen molar-refractivity contribution in [3.05, 3.63) is 24.0 Å². The molecule has 0 aliphatic carbocycles. The summed E-state index contributed by atoms with van der Waals surface area (Å²) < 4.78 is 0. The number of rotatable bonds is 1. The van der Waals surface area contributed by atoms with Gasteiger partial charge in [-0.25, -0.2) is 0 Å². The van der Waals surface area contributed by atoms with Crippen LogP contribution >= 0.6 is 12.2 Å². The van der Waals surface area contributed by atoms with Gasteiger partial charge in [-0.2, -0.15) is 0 Å². The van der Waals surface area contributed by atoms with Gasteiger partial charge in [-0.15, -0.1) is 0 Å². The number of anilines is 1. The van der Waals surface area contributed by atoms with Gasteiger partial charge in [0.1, 0.15) is 0 Å². The fourth-order valence-electron chi connectivity index (χ4n) is 0.746. The zero-order chi connectivity index (χ0) is 8.27. The lowest BCUT2D eigenvalue weighted by Crippen LogP contribution is -2.19. The summed E-state index contributed by atoms with van der Waals surface area (Å²) in [5.74, 6) is 0. The van der Waals surface area contributed by atoms with Gasteiger partial charge >= 0.3 is 0 Å². The third-order valence-electron chi connectivity index (χ3n) is 1.28. The van der Waals surface area contributed by atoms with Crippen LogP contribution in [0.2, 0.25) is 0 Å². The van der Waals surface area contributed by atoms with E-state index in [1.54, 1.807) is 12.4 Å². The summed E-state index contributed by atoms with van der Waals surface area (Å²) in [6, 6.07) is 1.83. The van der Waals surface area contributed by atoms with Crippen molar-refractivity contribution in [2.75, 3.05) is 5.32 Å². The quantitative estimate of drug-likeness (QED) is 0.614. The lowest BCUT2D eigenvalue weighted by Gasteiger charge is -2.05. The summed E-state index contributed by atoms with van der Waals surface area (Å²) in [5, 5.41) is 3.12. The molecule has 0 amide bonds. The van der Waals surface area contributed by atoms with Crippen LogP contribution < -0.4 is 11.1 Å². The minimum atomic E-state index is 0.277. The van der Waals surface area contributed by atoms with Gasteiger partial charge in [0.05, 0.1) is 0 Å². The Morgan fingerprint density at radius 3 is 3.00 bits per heavy atom. The highest BCUT2D eigenvalue weighted by Gasteiger charge is 1.95. The molecule has 1 heterocycles. The van der Waals surface area contributed by atoms with Crippen molar-refractivity contribution in [1.82, 2.24) is 4.98 Å². The molecule has 0 spiro atoms. The normalized spacial score (nSPS) is 9.18. The van der Waals surface area contributed by atoms with E-state index in [1.165, 1.54) is 0 Å². The zero-order valence-electron chi connectivity index (χ0n) is 6.16. The SMILES string of the molecule is Cc1cnccc1NC(N)=S. The molecule has 4 heteroatoms. The van der Waals surface area contributed by atoms with Crippen LogP contribution in [0.5, 0.6) is 0 Å². The molecule has 0 aliphatic rings. The Hall–Kier alpha value is -1.16. The summed E-state index contributed by atoms with van der Waals surface area (Å²) in [6.07, 6.45) is 3.44. The summed E-state index contributed by atoms with van der Waals surface area (Å²) in [4.78, 5) is 3.93. The molecule has 3 nitrogen and oxygen atoms in total. The zero-order valence-corrected chi connectivity index (χ0v) is 6.98. The molecule has 1 aromatic heterocycles. The van der Waals surface area contributed by atoms with E-state index in [-0.39, 0.29) is 5.11 Å². The number of nitrogens with one attached hydrogen (secondary N) is 1. The van der Waals surface area contributed by atoms with Crippen LogP contribution in [0, 0.1) is 6.92 Å². The molecule has 1 rings (SSSR count). The monoisotopic (exact) mass is 167 g/mol. The maximum atomic E-state index is 5.29. The molecule has 0 fully saturated rings. The summed E-state index contributed by atoms with van der Waals surface area (Å²) in [6.45, 7) is 1.94. The minimum Gasteiger partial charge on any atom is -0.376 e. The topological polar surface area (TPSA) is 50.9 Å². The summed E-state index contributed by atoms with van der Waals surface area (Å²) >= 11 is 4.68. The van der Waals surface area contributed by atoms with Crippen molar-refractivity contribution in [2.45, 2.75) is 6.92 Å². The van der Waals surface area contributed by atoms with Gasteiger partial charge in [-0.3, -0.25) is 4.98 Å². The lowest BCUT2D eigenvalue weighted by atomic mass is 10.3. The van der Waals surface area contributed by atoms with Crippen LogP contribution in [0.1, 0.15) is 5.56 Å². The number of nitrogens with two attached hydrogens (primary N) is 1. The van der Waals surface area contributed by atoms with Gasteiger partial charge in [0.25, 0.3) is 0 Å². The van der Waals surface area contributed by atoms with Crippen LogP contribution in [0.15, 0.2) is 18.5 Å². The van der Waals surface area contributed by atoms with E-state index >= 15 is 0 Å². The first-order chi connectivity index (χ1) is 5.20. The summed E-state index contributed by atoms with van der Waals surface area (Å²) in [5.41, 5.74) is 7.23. The maximum absolute atomic E-state index is 5.29. The smallest absolute Gasteiger partial charge is 0.168 e. The fourth-order valence-corrected chi connectivity index (χ4v) is 0.856. The predicted molar refractivity (Wildman–Crippen MR) is 49.4 cm³/mol. The molecule has 0 unspecified atom stereocenters. The first-order valence-corrected chi connectivity index (χ1v) is 3.58. The average Bonchev–Trinajstić information content (AvgIpc) is 1.93. The highest BCUT2D eigenvalue weighted by Crippen LogP contribution is 2.10. The molecule has 11 heavy (non-hydrogen) atoms. The van der Waals surface area contributed by atoms with Crippen LogP contribution in [0.3, 0.4) is 0 Å². The molecule has 0 saturated carbocycles. The second-order valence-electron chi connectivity index (χ2n) is 2.18. The molecule has 0 radical (unpaired) electrons. The van der Waals surface area contributed by atoms with Gasteiger partial charge in [0.2, 0.25) is 0 Å². The first kappa shape index (κ1) is 7.94. The van der Waals surface area contributed by atoms with Crippen molar-refractivity contribution >= 4 is 23.0 Å². The number of thiocarbonyl (C=S) groups is 1. The number of hydrogen-bond acceptors (Lipinski definition) is 2. The molecule has 0 saturated heterocycles. The molecule has 58 valence electrons. The van der Waals surface area contributed by atoms with Crippen molar-refractivity contribution in [3.63, 3.8) is 0 Å². The Morgan fingerprint density at radius 2 is 2.45 bits per heavy atom. The van der Waals surface area contributed by atoms with Crippen LogP contribution in [0.4, 0.5) is 5.69 Å². The average molecular weight is 167 g/mol. The largest absolute Gasteiger partial charge is 0.376 e. The Labute approximate surface area is 70.6 Å². The molecule has 0 atom stereocenters. The van der Waals surface area contributed by atoms with Crippen molar-refractivity contribution in [1.29, 1.82) is 0 Å². The molecular formula is C7H9N3S. The number of aryl methyl sites for hydroxylation is 1. The summed E-state index contributed by atoms with van der Waals surface area (Å²) in [7, 11) is 0. The van der Waals surface area contributed by atoms with E-state index in [9.17, 15) is 0 Å². The van der Waals surface area contributed by atoms with Gasteiger partial charge in [-0.1, -0.05) is 0 Å². The predicted octanol–water partition coefficient (Wildman–Crippen LogP) is 1.05. The maximum Gasteiger partial charge on any atom is 0.168 e. The Morgan fingerprint density at radius 1 is 1.73 bits per heavy atom. The van der Waals surface area contributed by atoms with Gasteiger partial charge in [0, 0.05) is 18.1 Å². The molecule has 3 N–H and O–H groups in total. The van der Waals surface area contributed by atoms with E-state index in [0.717, 1.165) is 11.3 Å². The highest BCUT2D eigenvalue weighted by molar-refractivity contribution is 7.80. The third-order valence-corrected chi connectivity index (χ3v) is 1.38. The highest BCUT2D eigenvalue weighted by atomic mass is 32.1. The van der Waals surface area contributed by atoms with E-state index in [1.807, 2.05) is 13.0 Å². The molecule has 1 aromatic rings. The Kier molecular flexibility index (Phi) is 2.38. The van der Waals surface area contributed by atoms with Gasteiger partial charge in [-0.05, 0) is 30.8 Å². The number of nitrogens with zero attached hydrogens (tertiary/aromatic N) is 1. The Bertz CT molecular complexity index is 272. The number of pyridine rings is 1. The molecular weight excluding hydrogens is 158 g/mol. The fraction of sp³-hybridized carbons (Fsp3) is 0.143. The van der Waals surface area contributed by atoms with Crippen LogP contribution in [-0.4, -0.2) is 10.1 Å². The van der Waals surface area contributed by atoms with E-state index in [2.05, 4.69) is 22.5 Å². The van der Waals surface area contributed by atoms with E-state index in [4.69, 9.17) is 5.73 Å².